The van der Waals surface area contributed by atoms with Gasteiger partial charge >= 0.3 is 0 Å². The SMILES string of the molecule is NCCCCCC(=O)N1CCC(N2CCCC2)C1. The number of hydrogen-bond acceptors (Lipinski definition) is 3. The second kappa shape index (κ2) is 7.10. The Kier molecular flexibility index (Phi) is 5.45. The summed E-state index contributed by atoms with van der Waals surface area (Å²) in [5.41, 5.74) is 5.45. The Hall–Kier alpha value is -0.610. The van der Waals surface area contributed by atoms with Crippen molar-refractivity contribution in [3.05, 3.63) is 0 Å². The normalized spacial score (nSPS) is 24.9. The van der Waals surface area contributed by atoms with Gasteiger partial charge in [-0.15, -0.1) is 0 Å². The second-order valence-electron chi connectivity index (χ2n) is 5.62. The number of carbonyl (C=O) groups excluding carboxylic acids is 1. The molecule has 0 radical (unpaired) electrons. The summed E-state index contributed by atoms with van der Waals surface area (Å²) in [5.74, 6) is 0.355. The van der Waals surface area contributed by atoms with Gasteiger partial charge in [-0.05, 0) is 51.7 Å². The van der Waals surface area contributed by atoms with Crippen LogP contribution in [0.15, 0.2) is 0 Å². The van der Waals surface area contributed by atoms with Crippen LogP contribution in [-0.4, -0.2) is 54.5 Å². The molecule has 18 heavy (non-hydrogen) atoms. The summed E-state index contributed by atoms with van der Waals surface area (Å²) < 4.78 is 0. The van der Waals surface area contributed by atoms with E-state index in [1.54, 1.807) is 0 Å². The van der Waals surface area contributed by atoms with Crippen LogP contribution >= 0.6 is 0 Å². The Bertz CT molecular complexity index is 264. The molecule has 0 aliphatic carbocycles. The zero-order valence-electron chi connectivity index (χ0n) is 11.4. The topological polar surface area (TPSA) is 49.6 Å². The maximum absolute atomic E-state index is 12.0. The molecule has 0 aromatic heterocycles. The van der Waals surface area contributed by atoms with Gasteiger partial charge < -0.3 is 10.6 Å². The highest BCUT2D eigenvalue weighted by Crippen LogP contribution is 2.21. The van der Waals surface area contributed by atoms with E-state index in [0.29, 0.717) is 18.4 Å². The van der Waals surface area contributed by atoms with Crippen molar-refractivity contribution < 1.29 is 4.79 Å². The van der Waals surface area contributed by atoms with Crippen LogP contribution in [0.1, 0.15) is 44.9 Å². The van der Waals surface area contributed by atoms with Gasteiger partial charge in [-0.2, -0.15) is 0 Å². The average Bonchev–Trinajstić information content (AvgIpc) is 3.03. The fourth-order valence-corrected chi connectivity index (χ4v) is 3.13. The molecule has 1 atom stereocenters. The largest absolute Gasteiger partial charge is 0.341 e. The highest BCUT2D eigenvalue weighted by molar-refractivity contribution is 5.76. The van der Waals surface area contributed by atoms with Crippen molar-refractivity contribution in [1.82, 2.24) is 9.80 Å². The average molecular weight is 253 g/mol. The minimum absolute atomic E-state index is 0.355. The smallest absolute Gasteiger partial charge is 0.222 e. The van der Waals surface area contributed by atoms with Crippen LogP contribution in [0, 0.1) is 0 Å². The fraction of sp³-hybridized carbons (Fsp3) is 0.929. The number of likely N-dealkylation sites (tertiary alicyclic amines) is 2. The van der Waals surface area contributed by atoms with Crippen LogP contribution in [0.2, 0.25) is 0 Å². The first-order valence-electron chi connectivity index (χ1n) is 7.53. The molecule has 0 saturated carbocycles. The molecule has 2 heterocycles. The summed E-state index contributed by atoms with van der Waals surface area (Å²) in [4.78, 5) is 16.7. The van der Waals surface area contributed by atoms with Gasteiger partial charge in [0.1, 0.15) is 0 Å². The van der Waals surface area contributed by atoms with E-state index in [-0.39, 0.29) is 0 Å². The third-order valence-electron chi connectivity index (χ3n) is 4.27. The van der Waals surface area contributed by atoms with E-state index in [1.807, 2.05) is 0 Å². The minimum atomic E-state index is 0.355. The van der Waals surface area contributed by atoms with Crippen LogP contribution in [0.4, 0.5) is 0 Å². The van der Waals surface area contributed by atoms with Crippen molar-refractivity contribution in [2.45, 2.75) is 51.0 Å². The van der Waals surface area contributed by atoms with Crippen molar-refractivity contribution in [2.75, 3.05) is 32.7 Å². The van der Waals surface area contributed by atoms with Gasteiger partial charge in [-0.25, -0.2) is 0 Å². The summed E-state index contributed by atoms with van der Waals surface area (Å²) >= 11 is 0. The Labute approximate surface area is 110 Å². The Morgan fingerprint density at radius 1 is 1.11 bits per heavy atom. The quantitative estimate of drug-likeness (QED) is 0.724. The van der Waals surface area contributed by atoms with Crippen molar-refractivity contribution in [3.8, 4) is 0 Å². The number of amides is 1. The zero-order chi connectivity index (χ0) is 12.8. The molecule has 2 aliphatic rings. The number of rotatable bonds is 6. The number of unbranched alkanes of at least 4 members (excludes halogenated alkanes) is 2. The molecular weight excluding hydrogens is 226 g/mol. The molecule has 4 heteroatoms. The van der Waals surface area contributed by atoms with E-state index in [2.05, 4.69) is 9.80 Å². The minimum Gasteiger partial charge on any atom is -0.341 e. The third-order valence-corrected chi connectivity index (χ3v) is 4.27. The molecule has 1 unspecified atom stereocenters. The van der Waals surface area contributed by atoms with E-state index < -0.39 is 0 Å². The van der Waals surface area contributed by atoms with E-state index in [9.17, 15) is 4.79 Å². The fourth-order valence-electron chi connectivity index (χ4n) is 3.13. The van der Waals surface area contributed by atoms with E-state index in [0.717, 1.165) is 38.9 Å². The summed E-state index contributed by atoms with van der Waals surface area (Å²) in [6.45, 7) is 5.16. The molecule has 2 aliphatic heterocycles. The van der Waals surface area contributed by atoms with Gasteiger partial charge in [0.25, 0.3) is 0 Å². The monoisotopic (exact) mass is 253 g/mol. The maximum atomic E-state index is 12.0. The lowest BCUT2D eigenvalue weighted by molar-refractivity contribution is -0.130. The van der Waals surface area contributed by atoms with E-state index in [1.165, 1.54) is 32.4 Å². The molecule has 4 nitrogen and oxygen atoms in total. The van der Waals surface area contributed by atoms with Gasteiger partial charge in [-0.1, -0.05) is 6.42 Å². The highest BCUT2D eigenvalue weighted by atomic mass is 16.2. The van der Waals surface area contributed by atoms with Crippen LogP contribution < -0.4 is 5.73 Å². The van der Waals surface area contributed by atoms with E-state index in [4.69, 9.17) is 5.73 Å². The van der Waals surface area contributed by atoms with Crippen LogP contribution in [-0.2, 0) is 4.79 Å². The zero-order valence-corrected chi connectivity index (χ0v) is 11.4. The molecule has 0 aromatic carbocycles. The van der Waals surface area contributed by atoms with Crippen LogP contribution in [0.5, 0.6) is 0 Å². The number of carbonyl (C=O) groups is 1. The Balaban J connectivity index is 1.66. The predicted molar refractivity (Wildman–Crippen MR) is 73.3 cm³/mol. The Morgan fingerprint density at radius 2 is 1.89 bits per heavy atom. The molecule has 0 bridgehead atoms. The number of nitrogens with zero attached hydrogens (tertiary/aromatic N) is 2. The lowest BCUT2D eigenvalue weighted by atomic mass is 10.2. The molecule has 2 rings (SSSR count). The van der Waals surface area contributed by atoms with Gasteiger partial charge in [0, 0.05) is 25.6 Å². The third kappa shape index (κ3) is 3.69. The van der Waals surface area contributed by atoms with Crippen molar-refractivity contribution in [3.63, 3.8) is 0 Å². The molecule has 2 fully saturated rings. The van der Waals surface area contributed by atoms with Gasteiger partial charge in [0.15, 0.2) is 0 Å². The summed E-state index contributed by atoms with van der Waals surface area (Å²) in [6.07, 6.45) is 7.70. The van der Waals surface area contributed by atoms with E-state index >= 15 is 0 Å². The van der Waals surface area contributed by atoms with Gasteiger partial charge in [0.2, 0.25) is 5.91 Å². The summed E-state index contributed by atoms with van der Waals surface area (Å²) in [6, 6.07) is 0.639. The standard InChI is InChI=1S/C14H27N3O/c15-8-3-1-2-6-14(18)17-11-7-13(12-17)16-9-4-5-10-16/h13H,1-12,15H2. The lowest BCUT2D eigenvalue weighted by Gasteiger charge is -2.23. The summed E-state index contributed by atoms with van der Waals surface area (Å²) in [7, 11) is 0. The van der Waals surface area contributed by atoms with Crippen molar-refractivity contribution >= 4 is 5.91 Å². The lowest BCUT2D eigenvalue weighted by Crippen LogP contribution is -2.37. The molecular formula is C14H27N3O. The Morgan fingerprint density at radius 3 is 2.61 bits per heavy atom. The molecule has 104 valence electrons. The van der Waals surface area contributed by atoms with Crippen molar-refractivity contribution in [1.29, 1.82) is 0 Å². The number of hydrogen-bond donors (Lipinski definition) is 1. The first-order valence-corrected chi connectivity index (χ1v) is 7.53. The maximum Gasteiger partial charge on any atom is 0.222 e. The van der Waals surface area contributed by atoms with Gasteiger partial charge in [-0.3, -0.25) is 9.69 Å². The van der Waals surface area contributed by atoms with Crippen LogP contribution in [0.25, 0.3) is 0 Å². The first-order chi connectivity index (χ1) is 8.81. The van der Waals surface area contributed by atoms with Gasteiger partial charge in [0.05, 0.1) is 0 Å². The first kappa shape index (κ1) is 13.8. The van der Waals surface area contributed by atoms with Crippen LogP contribution in [0.3, 0.4) is 0 Å². The predicted octanol–water partition coefficient (Wildman–Crippen LogP) is 1.20. The summed E-state index contributed by atoms with van der Waals surface area (Å²) in [5, 5.41) is 0. The molecule has 0 spiro atoms. The number of nitrogens with two attached hydrogens (primary N) is 1. The molecule has 2 saturated heterocycles. The van der Waals surface area contributed by atoms with Crippen molar-refractivity contribution in [2.24, 2.45) is 5.73 Å². The highest BCUT2D eigenvalue weighted by Gasteiger charge is 2.30. The second-order valence-corrected chi connectivity index (χ2v) is 5.62. The molecule has 0 aromatic rings. The molecule has 2 N–H and O–H groups in total. The molecule has 1 amide bonds.